The molecule has 4 fully saturated rings. The molecule has 12 heteroatoms. The maximum Gasteiger partial charge on any atom is 0.410 e. The van der Waals surface area contributed by atoms with Gasteiger partial charge in [-0.3, -0.25) is 19.2 Å². The number of Topliss-reactive ketones (excluding diaryl/α,β-unsaturated/α-hetero) is 1. The Labute approximate surface area is 316 Å². The highest BCUT2D eigenvalue weighted by Gasteiger charge is 2.59. The number of methoxy groups -OCH3 is 1. The summed E-state index contributed by atoms with van der Waals surface area (Å²) < 4.78 is 15.5. The van der Waals surface area contributed by atoms with Crippen molar-refractivity contribution in [3.05, 3.63) is 83.4 Å². The van der Waals surface area contributed by atoms with Crippen LogP contribution >= 0.6 is 0 Å². The Hall–Kier alpha value is -5.00. The third kappa shape index (κ3) is 8.53. The Balaban J connectivity index is 0.000000184. The van der Waals surface area contributed by atoms with E-state index in [-0.39, 0.29) is 59.8 Å². The van der Waals surface area contributed by atoms with Crippen LogP contribution in [0.3, 0.4) is 0 Å². The molecule has 3 amide bonds. The van der Waals surface area contributed by atoms with E-state index in [1.54, 1.807) is 20.8 Å². The maximum absolute atomic E-state index is 12.9. The Morgan fingerprint density at radius 1 is 0.704 bits per heavy atom. The number of benzene rings is 2. The van der Waals surface area contributed by atoms with Gasteiger partial charge in [0.25, 0.3) is 0 Å². The van der Waals surface area contributed by atoms with Crippen LogP contribution in [0, 0.1) is 10.8 Å². The van der Waals surface area contributed by atoms with E-state index in [0.29, 0.717) is 84.0 Å². The predicted octanol–water partition coefficient (Wildman–Crippen LogP) is 6.02. The van der Waals surface area contributed by atoms with Gasteiger partial charge in [-0.2, -0.15) is 0 Å². The average molecular weight is 742 g/mol. The summed E-state index contributed by atoms with van der Waals surface area (Å²) in [7, 11) is 3.20. The summed E-state index contributed by atoms with van der Waals surface area (Å²) in [5, 5.41) is 0. The molecule has 0 aromatic heterocycles. The van der Waals surface area contributed by atoms with Gasteiger partial charge in [0.1, 0.15) is 19.0 Å². The van der Waals surface area contributed by atoms with Crippen LogP contribution in [0.2, 0.25) is 0 Å². The first-order chi connectivity index (χ1) is 26.0. The first-order valence-electron chi connectivity index (χ1n) is 19.0. The third-order valence-corrected chi connectivity index (χ3v) is 12.3. The first-order valence-corrected chi connectivity index (χ1v) is 19.0. The van der Waals surface area contributed by atoms with Crippen LogP contribution in [0.15, 0.2) is 72.3 Å². The Kier molecular flexibility index (Phi) is 11.9. The molecule has 3 spiro atoms. The number of carbonyl (C=O) groups is 6. The fraction of sp³-hybridized carbons (Fsp3) is 0.524. The summed E-state index contributed by atoms with van der Waals surface area (Å²) in [6.07, 6.45) is 7.67. The standard InChI is InChI=1S/C21H26N2O4.C21H25NO5/c1-22-18(25)7-8-21(22)13-17(24)20(15-21)9-11-23(12-10-20)19(26)27-14-16-5-3-2-4-6-16;1-26-19(24)8-7-17-13-18(23)21(14-17)9-11-22(12-10-21)20(25)27-15-16-5-3-2-4-6-16/h2-6H,7-15H2,1H3;2-6,13H,7-12,14-15H2,1H3. The van der Waals surface area contributed by atoms with Crippen LogP contribution in [-0.2, 0) is 46.6 Å². The molecule has 2 aromatic carbocycles. The number of piperidine rings is 2. The van der Waals surface area contributed by atoms with Gasteiger partial charge in [0.05, 0.1) is 12.6 Å². The molecule has 12 nitrogen and oxygen atoms in total. The Bertz CT molecular complexity index is 1740. The van der Waals surface area contributed by atoms with Crippen molar-refractivity contribution in [1.82, 2.24) is 14.7 Å². The second-order valence-corrected chi connectivity index (χ2v) is 15.5. The molecule has 7 rings (SSSR count). The smallest absolute Gasteiger partial charge is 0.410 e. The van der Waals surface area contributed by atoms with Gasteiger partial charge in [-0.05, 0) is 68.6 Å². The van der Waals surface area contributed by atoms with E-state index in [1.165, 1.54) is 7.11 Å². The van der Waals surface area contributed by atoms with Crippen molar-refractivity contribution in [1.29, 1.82) is 0 Å². The monoisotopic (exact) mass is 741 g/mol. The summed E-state index contributed by atoms with van der Waals surface area (Å²) in [5.74, 6) is 0.267. The lowest BCUT2D eigenvalue weighted by molar-refractivity contribution is -0.140. The zero-order valence-corrected chi connectivity index (χ0v) is 31.4. The number of rotatable bonds is 7. The molecule has 54 heavy (non-hydrogen) atoms. The van der Waals surface area contributed by atoms with Gasteiger partial charge in [0.2, 0.25) is 5.91 Å². The third-order valence-electron chi connectivity index (χ3n) is 12.3. The minimum absolute atomic E-state index is 0.125. The van der Waals surface area contributed by atoms with E-state index in [1.807, 2.05) is 67.7 Å². The van der Waals surface area contributed by atoms with Crippen molar-refractivity contribution in [2.24, 2.45) is 10.8 Å². The van der Waals surface area contributed by atoms with Gasteiger partial charge >= 0.3 is 18.2 Å². The van der Waals surface area contributed by atoms with Crippen LogP contribution in [0.5, 0.6) is 0 Å². The Morgan fingerprint density at radius 3 is 1.70 bits per heavy atom. The van der Waals surface area contributed by atoms with Crippen molar-refractivity contribution in [3.8, 4) is 0 Å². The van der Waals surface area contributed by atoms with E-state index >= 15 is 0 Å². The van der Waals surface area contributed by atoms with Crippen LogP contribution in [0.1, 0.15) is 81.8 Å². The van der Waals surface area contributed by atoms with E-state index in [2.05, 4.69) is 4.74 Å². The average Bonchev–Trinajstić information content (AvgIpc) is 3.76. The molecular formula is C42H51N3O9. The Morgan fingerprint density at radius 2 is 1.22 bits per heavy atom. The molecule has 288 valence electrons. The summed E-state index contributed by atoms with van der Waals surface area (Å²) in [6.45, 7) is 2.60. The van der Waals surface area contributed by atoms with Gasteiger partial charge in [0, 0.05) is 63.3 Å². The molecule has 0 radical (unpaired) electrons. The number of ether oxygens (including phenoxy) is 3. The van der Waals surface area contributed by atoms with Crippen molar-refractivity contribution >= 4 is 35.6 Å². The number of allylic oxidation sites excluding steroid dienone is 2. The van der Waals surface area contributed by atoms with E-state index in [4.69, 9.17) is 9.47 Å². The maximum atomic E-state index is 12.9. The van der Waals surface area contributed by atoms with Crippen molar-refractivity contribution in [2.75, 3.05) is 40.3 Å². The van der Waals surface area contributed by atoms with Gasteiger partial charge in [-0.25, -0.2) is 9.59 Å². The van der Waals surface area contributed by atoms with E-state index in [9.17, 15) is 28.8 Å². The number of esters is 1. The van der Waals surface area contributed by atoms with Gasteiger partial charge in [-0.15, -0.1) is 0 Å². The molecule has 1 saturated carbocycles. The van der Waals surface area contributed by atoms with Crippen molar-refractivity contribution < 1.29 is 43.0 Å². The topological polar surface area (TPSA) is 140 Å². The highest BCUT2D eigenvalue weighted by atomic mass is 16.6. The number of likely N-dealkylation sites (tertiary alicyclic amines) is 3. The summed E-state index contributed by atoms with van der Waals surface area (Å²) in [4.78, 5) is 78.5. The highest BCUT2D eigenvalue weighted by molar-refractivity contribution is 5.98. The second kappa shape index (κ2) is 16.6. The van der Waals surface area contributed by atoms with Gasteiger partial charge < -0.3 is 28.9 Å². The molecule has 1 unspecified atom stereocenters. The lowest BCUT2D eigenvalue weighted by Gasteiger charge is -2.40. The molecule has 2 aromatic rings. The number of carbonyl (C=O) groups excluding carboxylic acids is 6. The molecular weight excluding hydrogens is 690 g/mol. The largest absolute Gasteiger partial charge is 0.469 e. The molecule has 0 N–H and O–H groups in total. The number of hydrogen-bond acceptors (Lipinski definition) is 9. The molecule has 3 saturated heterocycles. The van der Waals surface area contributed by atoms with Crippen LogP contribution < -0.4 is 0 Å². The minimum atomic E-state index is -0.415. The van der Waals surface area contributed by atoms with Gasteiger partial charge in [0.15, 0.2) is 5.78 Å². The quantitative estimate of drug-likeness (QED) is 0.246. The minimum Gasteiger partial charge on any atom is -0.469 e. The molecule has 3 aliphatic heterocycles. The summed E-state index contributed by atoms with van der Waals surface area (Å²) in [5.41, 5.74) is 1.83. The van der Waals surface area contributed by atoms with Crippen molar-refractivity contribution in [3.63, 3.8) is 0 Å². The van der Waals surface area contributed by atoms with Crippen LogP contribution in [-0.4, -0.2) is 96.2 Å². The number of amides is 3. The molecule has 1 atom stereocenters. The van der Waals surface area contributed by atoms with Crippen LogP contribution in [0.4, 0.5) is 9.59 Å². The fourth-order valence-corrected chi connectivity index (χ4v) is 8.80. The zero-order valence-electron chi connectivity index (χ0n) is 31.4. The van der Waals surface area contributed by atoms with Crippen LogP contribution in [0.25, 0.3) is 0 Å². The molecule has 5 aliphatic rings. The SMILES string of the molecule is CN1C(=O)CCC12CC(=O)C1(CCN(C(=O)OCc3ccccc3)CC1)C2.COC(=O)CCC1=CC(=O)C2(CCN(C(=O)OCc3ccccc3)CC2)C1. The summed E-state index contributed by atoms with van der Waals surface area (Å²) in [6, 6.07) is 19.2. The fourth-order valence-electron chi connectivity index (χ4n) is 8.80. The van der Waals surface area contributed by atoms with E-state index in [0.717, 1.165) is 29.5 Å². The predicted molar refractivity (Wildman–Crippen MR) is 198 cm³/mol. The lowest BCUT2D eigenvalue weighted by atomic mass is 9.74. The highest BCUT2D eigenvalue weighted by Crippen LogP contribution is 2.54. The van der Waals surface area contributed by atoms with Crippen molar-refractivity contribution in [2.45, 2.75) is 89.4 Å². The normalized spacial score (nSPS) is 22.7. The molecule has 0 bridgehead atoms. The lowest BCUT2D eigenvalue weighted by Crippen LogP contribution is -2.46. The zero-order chi connectivity index (χ0) is 38.3. The second-order valence-electron chi connectivity index (χ2n) is 15.5. The summed E-state index contributed by atoms with van der Waals surface area (Å²) >= 11 is 0. The van der Waals surface area contributed by atoms with Gasteiger partial charge in [-0.1, -0.05) is 66.2 Å². The van der Waals surface area contributed by atoms with E-state index < -0.39 is 5.41 Å². The first kappa shape index (κ1) is 38.7. The number of ketones is 2. The molecule has 3 heterocycles. The number of hydrogen-bond donors (Lipinski definition) is 0. The molecule has 2 aliphatic carbocycles. The number of nitrogens with zero attached hydrogens (tertiary/aromatic N) is 3.